The Morgan fingerprint density at radius 2 is 2.15 bits per heavy atom. The largest absolute Gasteiger partial charge is 0.481 e. The number of nitrogens with zero attached hydrogens (tertiary/aromatic N) is 2. The summed E-state index contributed by atoms with van der Waals surface area (Å²) in [4.78, 5) is 22.4. The number of benzene rings is 1. The molecule has 6 heteroatoms. The summed E-state index contributed by atoms with van der Waals surface area (Å²) in [6, 6.07) is 13.8. The lowest BCUT2D eigenvalue weighted by Gasteiger charge is -2.35. The van der Waals surface area contributed by atoms with Crippen LogP contribution >= 0.6 is 0 Å². The van der Waals surface area contributed by atoms with Crippen LogP contribution in [0.2, 0.25) is 0 Å². The van der Waals surface area contributed by atoms with Crippen LogP contribution in [0.15, 0.2) is 48.7 Å². The average molecular weight is 350 g/mol. The summed E-state index contributed by atoms with van der Waals surface area (Å²) in [7, 11) is 1.56. The molecular formula is C20H22N4O2. The lowest BCUT2D eigenvalue weighted by molar-refractivity contribution is 0.162. The molecule has 1 atom stereocenters. The van der Waals surface area contributed by atoms with Crippen molar-refractivity contribution in [2.24, 2.45) is 0 Å². The fraction of sp³-hybridized carbons (Fsp3) is 0.300. The molecule has 1 aliphatic rings. The maximum Gasteiger partial charge on any atom is 0.322 e. The molecule has 1 unspecified atom stereocenters. The third kappa shape index (κ3) is 3.22. The Hall–Kier alpha value is -3.02. The number of carbonyl (C=O) groups excluding carboxylic acids is 1. The molecule has 134 valence electrons. The second-order valence-electron chi connectivity index (χ2n) is 6.53. The molecule has 2 amide bonds. The van der Waals surface area contributed by atoms with Crippen LogP contribution in [0.5, 0.6) is 5.88 Å². The van der Waals surface area contributed by atoms with Gasteiger partial charge in [-0.25, -0.2) is 9.78 Å². The number of fused-ring (bicyclic) bond motifs is 1. The minimum absolute atomic E-state index is 0.0554. The standard InChI is InChI=1S/C20H22N4O2/c1-26-19-13-15(9-10-21-19)22-20(25)24-11-5-4-8-18(24)17-12-14-6-2-3-7-16(14)23-17/h2-3,6-7,9-10,12-13,18,23H,4-5,8,11H2,1H3,(H,21,22,25). The number of piperidine rings is 1. The molecule has 0 bridgehead atoms. The molecule has 2 N–H and O–H groups in total. The van der Waals surface area contributed by atoms with Crippen molar-refractivity contribution >= 4 is 22.6 Å². The van der Waals surface area contributed by atoms with Gasteiger partial charge in [0.15, 0.2) is 0 Å². The first-order valence-corrected chi connectivity index (χ1v) is 8.90. The van der Waals surface area contributed by atoms with Crippen molar-refractivity contribution < 1.29 is 9.53 Å². The number of aromatic amines is 1. The highest BCUT2D eigenvalue weighted by Crippen LogP contribution is 2.32. The lowest BCUT2D eigenvalue weighted by Crippen LogP contribution is -2.41. The molecule has 1 aromatic carbocycles. The Balaban J connectivity index is 1.57. The molecule has 0 saturated carbocycles. The monoisotopic (exact) mass is 350 g/mol. The molecule has 6 nitrogen and oxygen atoms in total. The number of nitrogens with one attached hydrogen (secondary N) is 2. The molecule has 2 aromatic heterocycles. The Morgan fingerprint density at radius 3 is 3.00 bits per heavy atom. The first kappa shape index (κ1) is 16.4. The number of pyridine rings is 1. The number of rotatable bonds is 3. The summed E-state index contributed by atoms with van der Waals surface area (Å²) in [5.74, 6) is 0.480. The number of methoxy groups -OCH3 is 1. The van der Waals surface area contributed by atoms with E-state index in [-0.39, 0.29) is 12.1 Å². The number of hydrogen-bond donors (Lipinski definition) is 2. The third-order valence-corrected chi connectivity index (χ3v) is 4.87. The van der Waals surface area contributed by atoms with Crippen LogP contribution in [0.25, 0.3) is 10.9 Å². The van der Waals surface area contributed by atoms with E-state index in [2.05, 4.69) is 33.5 Å². The molecule has 4 rings (SSSR count). The molecule has 26 heavy (non-hydrogen) atoms. The van der Waals surface area contributed by atoms with Gasteiger partial charge in [-0.2, -0.15) is 0 Å². The van der Waals surface area contributed by atoms with E-state index in [1.54, 1.807) is 25.4 Å². The molecule has 1 fully saturated rings. The number of ether oxygens (including phenoxy) is 1. The number of para-hydroxylation sites is 1. The number of H-pyrrole nitrogens is 1. The van der Waals surface area contributed by atoms with E-state index in [9.17, 15) is 4.79 Å². The highest BCUT2D eigenvalue weighted by molar-refractivity contribution is 5.90. The number of anilines is 1. The van der Waals surface area contributed by atoms with Crippen LogP contribution in [0.3, 0.4) is 0 Å². The van der Waals surface area contributed by atoms with E-state index in [1.165, 1.54) is 5.39 Å². The number of hydrogen-bond acceptors (Lipinski definition) is 3. The van der Waals surface area contributed by atoms with Gasteiger partial charge in [0.05, 0.1) is 13.2 Å². The van der Waals surface area contributed by atoms with Gasteiger partial charge in [-0.1, -0.05) is 18.2 Å². The molecular weight excluding hydrogens is 328 g/mol. The Bertz CT molecular complexity index is 888. The predicted molar refractivity (Wildman–Crippen MR) is 101 cm³/mol. The fourth-order valence-electron chi connectivity index (χ4n) is 3.57. The van der Waals surface area contributed by atoms with Gasteiger partial charge < -0.3 is 19.9 Å². The zero-order valence-corrected chi connectivity index (χ0v) is 14.7. The van der Waals surface area contributed by atoms with Crippen molar-refractivity contribution in [1.29, 1.82) is 0 Å². The summed E-state index contributed by atoms with van der Waals surface area (Å²) in [6.07, 6.45) is 4.72. The quantitative estimate of drug-likeness (QED) is 0.738. The van der Waals surface area contributed by atoms with E-state index in [0.717, 1.165) is 37.0 Å². The maximum absolute atomic E-state index is 12.9. The van der Waals surface area contributed by atoms with Crippen molar-refractivity contribution in [3.8, 4) is 5.88 Å². The average Bonchev–Trinajstić information content (AvgIpc) is 3.12. The molecule has 0 aliphatic carbocycles. The van der Waals surface area contributed by atoms with Crippen LogP contribution in [0.4, 0.5) is 10.5 Å². The number of likely N-dealkylation sites (tertiary alicyclic amines) is 1. The molecule has 3 heterocycles. The van der Waals surface area contributed by atoms with E-state index in [0.29, 0.717) is 11.6 Å². The van der Waals surface area contributed by atoms with Crippen LogP contribution in [0.1, 0.15) is 31.0 Å². The van der Waals surface area contributed by atoms with Crippen molar-refractivity contribution in [3.63, 3.8) is 0 Å². The van der Waals surface area contributed by atoms with Gasteiger partial charge in [0, 0.05) is 35.7 Å². The number of carbonyl (C=O) groups is 1. The third-order valence-electron chi connectivity index (χ3n) is 4.87. The molecule has 0 spiro atoms. The van der Waals surface area contributed by atoms with Crippen LogP contribution in [-0.4, -0.2) is 34.6 Å². The van der Waals surface area contributed by atoms with Crippen molar-refractivity contribution in [2.45, 2.75) is 25.3 Å². The zero-order valence-electron chi connectivity index (χ0n) is 14.7. The van der Waals surface area contributed by atoms with Crippen molar-refractivity contribution in [2.75, 3.05) is 19.0 Å². The molecule has 3 aromatic rings. The topological polar surface area (TPSA) is 70.2 Å². The SMILES string of the molecule is COc1cc(NC(=O)N2CCCCC2c2cc3ccccc3[nH]2)ccn1. The zero-order chi connectivity index (χ0) is 17.9. The summed E-state index contributed by atoms with van der Waals surface area (Å²) >= 11 is 0. The lowest BCUT2D eigenvalue weighted by atomic mass is 9.99. The highest BCUT2D eigenvalue weighted by atomic mass is 16.5. The Morgan fingerprint density at radius 1 is 1.27 bits per heavy atom. The van der Waals surface area contributed by atoms with Gasteiger partial charge >= 0.3 is 6.03 Å². The van der Waals surface area contributed by atoms with Crippen LogP contribution < -0.4 is 10.1 Å². The van der Waals surface area contributed by atoms with Gasteiger partial charge in [-0.15, -0.1) is 0 Å². The van der Waals surface area contributed by atoms with E-state index >= 15 is 0 Å². The smallest absolute Gasteiger partial charge is 0.322 e. The van der Waals surface area contributed by atoms with E-state index < -0.39 is 0 Å². The molecule has 0 radical (unpaired) electrons. The molecule has 1 saturated heterocycles. The van der Waals surface area contributed by atoms with Gasteiger partial charge in [0.2, 0.25) is 5.88 Å². The minimum atomic E-state index is -0.0957. The summed E-state index contributed by atoms with van der Waals surface area (Å²) < 4.78 is 5.13. The summed E-state index contributed by atoms with van der Waals surface area (Å²) in [5, 5.41) is 4.15. The Kier molecular flexibility index (Phi) is 4.48. The number of urea groups is 1. The number of aromatic nitrogens is 2. The summed E-state index contributed by atoms with van der Waals surface area (Å²) in [5.41, 5.74) is 2.88. The van der Waals surface area contributed by atoms with Gasteiger partial charge in [-0.05, 0) is 42.8 Å². The van der Waals surface area contributed by atoms with Crippen LogP contribution in [0, 0.1) is 0 Å². The van der Waals surface area contributed by atoms with Crippen molar-refractivity contribution in [1.82, 2.24) is 14.9 Å². The predicted octanol–water partition coefficient (Wildman–Crippen LogP) is 4.33. The number of amides is 2. The van der Waals surface area contributed by atoms with Gasteiger partial charge in [0.25, 0.3) is 0 Å². The summed E-state index contributed by atoms with van der Waals surface area (Å²) in [6.45, 7) is 0.744. The fourth-order valence-corrected chi connectivity index (χ4v) is 3.57. The normalized spacial score (nSPS) is 17.3. The Labute approximate surface area is 152 Å². The van der Waals surface area contributed by atoms with E-state index in [4.69, 9.17) is 4.74 Å². The van der Waals surface area contributed by atoms with Gasteiger partial charge in [0.1, 0.15) is 0 Å². The minimum Gasteiger partial charge on any atom is -0.481 e. The first-order chi connectivity index (χ1) is 12.7. The molecule has 1 aliphatic heterocycles. The second kappa shape index (κ2) is 7.07. The van der Waals surface area contributed by atoms with Gasteiger partial charge in [-0.3, -0.25) is 0 Å². The highest BCUT2D eigenvalue weighted by Gasteiger charge is 2.29. The van der Waals surface area contributed by atoms with Crippen molar-refractivity contribution in [3.05, 3.63) is 54.4 Å². The second-order valence-corrected chi connectivity index (χ2v) is 6.53. The van der Waals surface area contributed by atoms with E-state index in [1.807, 2.05) is 17.0 Å². The first-order valence-electron chi connectivity index (χ1n) is 8.90. The van der Waals surface area contributed by atoms with Crippen LogP contribution in [-0.2, 0) is 0 Å². The maximum atomic E-state index is 12.9.